The highest BCUT2D eigenvalue weighted by Gasteiger charge is 2.25. The molecule has 0 aliphatic heterocycles. The van der Waals surface area contributed by atoms with Crippen LogP contribution in [-0.2, 0) is 14.7 Å². The van der Waals surface area contributed by atoms with Crippen LogP contribution in [0.25, 0.3) is 0 Å². The van der Waals surface area contributed by atoms with Crippen molar-refractivity contribution in [1.29, 1.82) is 5.26 Å². The summed E-state index contributed by atoms with van der Waals surface area (Å²) in [5.41, 5.74) is 0. The zero-order valence-electron chi connectivity index (χ0n) is 9.72. The lowest BCUT2D eigenvalue weighted by molar-refractivity contribution is 0.0524. The summed E-state index contributed by atoms with van der Waals surface area (Å²) in [5, 5.41) is 14.4. The number of nitriles is 1. The molecule has 0 fully saturated rings. The minimum absolute atomic E-state index is 0.0371. The normalized spacial score (nSPS) is 11.8. The molecule has 0 saturated heterocycles. The number of rotatable bonds is 3. The number of carbonyl (C=O) groups excluding carboxylic acids is 1. The Bertz CT molecular complexity index is 768. The third-order valence-corrected chi connectivity index (χ3v) is 5.84. The second kappa shape index (κ2) is 5.96. The first-order valence-electron chi connectivity index (χ1n) is 5.07. The lowest BCUT2D eigenvalue weighted by atomic mass is 10.5. The number of carbonyl (C=O) groups is 1. The molecule has 0 bridgehead atoms. The van der Waals surface area contributed by atoms with Crippen molar-refractivity contribution in [3.8, 4) is 6.07 Å². The molecular weight excluding hydrogens is 320 g/mol. The van der Waals surface area contributed by atoms with Crippen LogP contribution in [0.4, 0.5) is 0 Å². The number of sulfone groups is 1. The molecule has 2 aromatic rings. The van der Waals surface area contributed by atoms with Crippen LogP contribution in [0, 0.1) is 11.3 Å². The second-order valence-corrected chi connectivity index (χ2v) is 7.29. The summed E-state index contributed by atoms with van der Waals surface area (Å²) in [7, 11) is -4.04. The Morgan fingerprint density at radius 2 is 1.95 bits per heavy atom. The summed E-state index contributed by atoms with van der Waals surface area (Å²) in [6.07, 6.45) is 0. The van der Waals surface area contributed by atoms with Crippen LogP contribution >= 0.6 is 22.7 Å². The topological polar surface area (TPSA) is 96.6 Å². The zero-order chi connectivity index (χ0) is 14.6. The SMILES string of the molecule is N#CC(=NOC(=O)c1cccs1)S(=O)(=O)c1cccs1. The zero-order valence-corrected chi connectivity index (χ0v) is 12.2. The van der Waals surface area contributed by atoms with Gasteiger partial charge in [-0.2, -0.15) is 5.26 Å². The highest BCUT2D eigenvalue weighted by Crippen LogP contribution is 2.19. The summed E-state index contributed by atoms with van der Waals surface area (Å²) >= 11 is 2.07. The van der Waals surface area contributed by atoms with Gasteiger partial charge in [-0.1, -0.05) is 17.3 Å². The van der Waals surface area contributed by atoms with Crippen molar-refractivity contribution in [2.45, 2.75) is 4.21 Å². The van der Waals surface area contributed by atoms with Crippen molar-refractivity contribution in [3.63, 3.8) is 0 Å². The number of hydrogen-bond donors (Lipinski definition) is 0. The average Bonchev–Trinajstić information content (AvgIpc) is 3.12. The molecule has 0 amide bonds. The Kier molecular flexibility index (Phi) is 4.29. The van der Waals surface area contributed by atoms with Gasteiger partial charge in [0, 0.05) is 0 Å². The highest BCUT2D eigenvalue weighted by atomic mass is 32.2. The molecule has 2 rings (SSSR count). The first-order valence-corrected chi connectivity index (χ1v) is 8.31. The third-order valence-electron chi connectivity index (χ3n) is 2.04. The fourth-order valence-corrected chi connectivity index (χ4v) is 3.82. The Labute approximate surface area is 122 Å². The summed E-state index contributed by atoms with van der Waals surface area (Å²) in [5.74, 6) is -0.811. The summed E-state index contributed by atoms with van der Waals surface area (Å²) in [6, 6.07) is 7.44. The van der Waals surface area contributed by atoms with Crippen molar-refractivity contribution >= 4 is 43.5 Å². The van der Waals surface area contributed by atoms with Gasteiger partial charge in [0.1, 0.15) is 15.2 Å². The molecule has 0 radical (unpaired) electrons. The molecule has 0 saturated carbocycles. The van der Waals surface area contributed by atoms with Gasteiger partial charge in [0.25, 0.3) is 5.04 Å². The van der Waals surface area contributed by atoms with Gasteiger partial charge in [-0.3, -0.25) is 0 Å². The number of nitrogens with zero attached hydrogens (tertiary/aromatic N) is 2. The molecule has 9 heteroatoms. The molecule has 0 unspecified atom stereocenters. The lowest BCUT2D eigenvalue weighted by Gasteiger charge is -1.98. The van der Waals surface area contributed by atoms with Crippen LogP contribution in [0.5, 0.6) is 0 Å². The fraction of sp³-hybridized carbons (Fsp3) is 0. The van der Waals surface area contributed by atoms with Crippen molar-refractivity contribution in [2.75, 3.05) is 0 Å². The predicted octanol–water partition coefficient (Wildman–Crippen LogP) is 2.28. The molecule has 0 aliphatic carbocycles. The highest BCUT2D eigenvalue weighted by molar-refractivity contribution is 8.08. The lowest BCUT2D eigenvalue weighted by Crippen LogP contribution is -2.13. The van der Waals surface area contributed by atoms with Crippen molar-refractivity contribution in [3.05, 3.63) is 39.9 Å². The smallest absolute Gasteiger partial charge is 0.310 e. The van der Waals surface area contributed by atoms with E-state index >= 15 is 0 Å². The maximum absolute atomic E-state index is 12.0. The van der Waals surface area contributed by atoms with Gasteiger partial charge in [0.05, 0.1) is 0 Å². The molecule has 2 heterocycles. The fourth-order valence-electron chi connectivity index (χ4n) is 1.16. The summed E-state index contributed by atoms with van der Waals surface area (Å²) in [6.45, 7) is 0. The molecule has 0 aliphatic rings. The number of hydrogen-bond acceptors (Lipinski definition) is 8. The van der Waals surface area contributed by atoms with E-state index in [1.807, 2.05) is 0 Å². The standard InChI is InChI=1S/C11H6N2O4S3/c12-7-9(20(15,16)10-4-2-6-19-10)13-17-11(14)8-3-1-5-18-8/h1-6H. The van der Waals surface area contributed by atoms with Crippen molar-refractivity contribution in [2.24, 2.45) is 5.16 Å². The quantitative estimate of drug-likeness (QED) is 0.373. The van der Waals surface area contributed by atoms with Crippen LogP contribution in [0.2, 0.25) is 0 Å². The van der Waals surface area contributed by atoms with Crippen molar-refractivity contribution in [1.82, 2.24) is 0 Å². The minimum atomic E-state index is -4.04. The van der Waals surface area contributed by atoms with E-state index in [2.05, 4.69) is 9.99 Å². The molecule has 0 spiro atoms. The van der Waals surface area contributed by atoms with E-state index in [4.69, 9.17) is 5.26 Å². The van der Waals surface area contributed by atoms with E-state index in [0.29, 0.717) is 0 Å². The van der Waals surface area contributed by atoms with E-state index in [1.165, 1.54) is 24.3 Å². The van der Waals surface area contributed by atoms with Gasteiger partial charge in [-0.05, 0) is 22.9 Å². The first-order chi connectivity index (χ1) is 9.55. The van der Waals surface area contributed by atoms with Gasteiger partial charge >= 0.3 is 5.97 Å². The summed E-state index contributed by atoms with van der Waals surface area (Å²) in [4.78, 5) is 16.3. The monoisotopic (exact) mass is 326 g/mol. The maximum atomic E-state index is 12.0. The largest absolute Gasteiger partial charge is 0.375 e. The Morgan fingerprint density at radius 1 is 1.25 bits per heavy atom. The van der Waals surface area contributed by atoms with Crippen molar-refractivity contribution < 1.29 is 18.0 Å². The van der Waals surface area contributed by atoms with Crippen LogP contribution in [0.15, 0.2) is 44.4 Å². The molecule has 0 N–H and O–H groups in total. The number of thiophene rings is 2. The summed E-state index contributed by atoms with van der Waals surface area (Å²) < 4.78 is 23.9. The van der Waals surface area contributed by atoms with Crippen LogP contribution in [0.1, 0.15) is 9.67 Å². The van der Waals surface area contributed by atoms with E-state index in [-0.39, 0.29) is 9.09 Å². The van der Waals surface area contributed by atoms with Crippen LogP contribution < -0.4 is 0 Å². The number of oxime groups is 1. The Morgan fingerprint density at radius 3 is 2.50 bits per heavy atom. The van der Waals surface area contributed by atoms with Gasteiger partial charge in [0.2, 0.25) is 9.84 Å². The van der Waals surface area contributed by atoms with E-state index in [9.17, 15) is 13.2 Å². The van der Waals surface area contributed by atoms with E-state index in [0.717, 1.165) is 22.7 Å². The minimum Gasteiger partial charge on any atom is -0.310 e. The average molecular weight is 326 g/mol. The van der Waals surface area contributed by atoms with E-state index < -0.39 is 20.9 Å². The molecule has 0 aromatic carbocycles. The van der Waals surface area contributed by atoms with Gasteiger partial charge < -0.3 is 4.84 Å². The third kappa shape index (κ3) is 2.93. The molecule has 0 atom stereocenters. The predicted molar refractivity (Wildman–Crippen MR) is 74.3 cm³/mol. The van der Waals surface area contributed by atoms with Crippen LogP contribution in [0.3, 0.4) is 0 Å². The van der Waals surface area contributed by atoms with Gasteiger partial charge in [0.15, 0.2) is 0 Å². The molecule has 2 aromatic heterocycles. The molecule has 20 heavy (non-hydrogen) atoms. The Balaban J connectivity index is 2.23. The van der Waals surface area contributed by atoms with Crippen LogP contribution in [-0.4, -0.2) is 19.4 Å². The maximum Gasteiger partial charge on any atom is 0.375 e. The van der Waals surface area contributed by atoms with Gasteiger partial charge in [-0.15, -0.1) is 22.7 Å². The Hall–Kier alpha value is -2.02. The van der Waals surface area contributed by atoms with Gasteiger partial charge in [-0.25, -0.2) is 13.2 Å². The molecule has 6 nitrogen and oxygen atoms in total. The molecular formula is C11H6N2O4S3. The van der Waals surface area contributed by atoms with E-state index in [1.54, 1.807) is 16.8 Å². The second-order valence-electron chi connectivity index (χ2n) is 3.30. The first kappa shape index (κ1) is 14.4. The molecule has 102 valence electrons.